The van der Waals surface area contributed by atoms with Crippen molar-refractivity contribution in [1.82, 2.24) is 5.32 Å². The number of hydrogen-bond acceptors (Lipinski definition) is 22. The minimum Gasteiger partial charge on any atom is -0.394 e. The molecule has 10 aliphatic rings. The molecule has 72 heavy (non-hydrogen) atoms. The molecule has 0 aromatic carbocycles. The van der Waals surface area contributed by atoms with Gasteiger partial charge < -0.3 is 104 Å². The highest BCUT2D eigenvalue weighted by molar-refractivity contribution is 5.27. The molecule has 6 aliphatic heterocycles. The van der Waals surface area contributed by atoms with Crippen molar-refractivity contribution in [1.29, 1.82) is 0 Å². The average Bonchev–Trinajstić information content (AvgIpc) is 3.82. The second-order valence-corrected chi connectivity index (χ2v) is 23.6. The fourth-order valence-electron chi connectivity index (χ4n) is 15.5. The summed E-state index contributed by atoms with van der Waals surface area (Å²) >= 11 is 0. The van der Waals surface area contributed by atoms with Crippen LogP contribution < -0.4 is 5.32 Å². The van der Waals surface area contributed by atoms with Crippen LogP contribution >= 0.6 is 0 Å². The molecule has 3 saturated carbocycles. The van der Waals surface area contributed by atoms with Gasteiger partial charge in [-0.05, 0) is 98.2 Å². The number of nitrogens with one attached hydrogen (secondary N) is 1. The van der Waals surface area contributed by atoms with E-state index in [2.05, 4.69) is 39.1 Å². The second-order valence-electron chi connectivity index (χ2n) is 23.6. The third-order valence-electron chi connectivity index (χ3n) is 19.7. The van der Waals surface area contributed by atoms with Gasteiger partial charge in [-0.2, -0.15) is 0 Å². The Balaban J connectivity index is 0.826. The molecule has 4 unspecified atom stereocenters. The van der Waals surface area contributed by atoms with E-state index in [4.69, 9.17) is 42.6 Å². The van der Waals surface area contributed by atoms with Crippen LogP contribution in [0.25, 0.3) is 0 Å². The topological polar surface area (TPSA) is 338 Å². The fraction of sp³-hybridized carbons (Fsp3) is 0.960. The van der Waals surface area contributed by atoms with Gasteiger partial charge in [0.25, 0.3) is 0 Å². The zero-order chi connectivity index (χ0) is 51.3. The maximum Gasteiger partial charge on any atom is 0.187 e. The van der Waals surface area contributed by atoms with Gasteiger partial charge in [0.2, 0.25) is 0 Å². The number of ether oxygens (including phenoxy) is 9. The molecule has 0 aromatic heterocycles. The summed E-state index contributed by atoms with van der Waals surface area (Å²) in [6.07, 6.45) is -21.8. The van der Waals surface area contributed by atoms with E-state index in [0.717, 1.165) is 38.6 Å². The van der Waals surface area contributed by atoms with E-state index in [0.29, 0.717) is 48.3 Å². The molecule has 0 amide bonds. The van der Waals surface area contributed by atoms with Gasteiger partial charge in [-0.3, -0.25) is 5.32 Å². The van der Waals surface area contributed by atoms with Crippen molar-refractivity contribution in [2.45, 2.75) is 220 Å². The van der Waals surface area contributed by atoms with Crippen LogP contribution in [0, 0.1) is 46.3 Å². The minimum atomic E-state index is -2.00. The van der Waals surface area contributed by atoms with Crippen molar-refractivity contribution in [2.75, 3.05) is 33.0 Å². The predicted octanol–water partition coefficient (Wildman–Crippen LogP) is -2.78. The zero-order valence-corrected chi connectivity index (χ0v) is 41.6. The molecule has 30 atom stereocenters. The van der Waals surface area contributed by atoms with Gasteiger partial charge in [0.15, 0.2) is 25.2 Å². The summed E-state index contributed by atoms with van der Waals surface area (Å²) in [5, 5.41) is 133. The molecule has 1 spiro atoms. The van der Waals surface area contributed by atoms with Crippen molar-refractivity contribution < 1.29 is 104 Å². The molecule has 0 aromatic rings. The molecule has 0 bridgehead atoms. The first kappa shape index (κ1) is 54.2. The van der Waals surface area contributed by atoms with Crippen molar-refractivity contribution in [3.8, 4) is 0 Å². The summed E-state index contributed by atoms with van der Waals surface area (Å²) in [7, 11) is 0. The van der Waals surface area contributed by atoms with E-state index >= 15 is 0 Å². The van der Waals surface area contributed by atoms with Gasteiger partial charge >= 0.3 is 0 Å². The maximum absolute atomic E-state index is 11.8. The lowest BCUT2D eigenvalue weighted by Gasteiger charge is -2.59. The smallest absolute Gasteiger partial charge is 0.187 e. The summed E-state index contributed by atoms with van der Waals surface area (Å²) in [5.74, 6) is 3.27. The zero-order valence-electron chi connectivity index (χ0n) is 41.6. The van der Waals surface area contributed by atoms with Gasteiger partial charge in [-0.1, -0.05) is 39.3 Å². The molecule has 4 aliphatic carbocycles. The lowest BCUT2D eigenvalue weighted by atomic mass is 9.47. The summed E-state index contributed by atoms with van der Waals surface area (Å²) in [4.78, 5) is 0. The normalized spacial score (nSPS) is 56.7. The van der Waals surface area contributed by atoms with Crippen LogP contribution in [0.5, 0.6) is 0 Å². The standard InChI is InChI=1S/C50H81NO21/c1-20-7-12-50(51-15-20)21(2)32-28(72-50)14-26-24-6-5-22-13-23(8-10-48(22,3)25(24)9-11-49(26,32)4)65-45-40(63)37(60)41(31(18-54)68-45)69-47-43(71-46-39(62)36(59)34(57)29(16-52)66-46)42(35(58)30(17-53)67-47)70-44-38(61)33(56)27(55)19-64-44/h5,20-21,23-47,51-63H,6-19H2,1-4H3/t20-,21?,23+,24-,25+,26+,27-,28+,29+,30+,31+,32+,33+,34-,35-,36+,37-,38?,39-,40?,41+,42+,43?,44+,45-,46+,47+,48+,49+,50+/m1/s1. The first-order valence-corrected chi connectivity index (χ1v) is 26.5. The molecular formula is C50H81NO21. The van der Waals surface area contributed by atoms with Crippen LogP contribution in [0.4, 0.5) is 0 Å². The van der Waals surface area contributed by atoms with E-state index in [1.165, 1.54) is 18.4 Å². The summed E-state index contributed by atoms with van der Waals surface area (Å²) in [5.41, 5.74) is 1.29. The summed E-state index contributed by atoms with van der Waals surface area (Å²) in [6, 6.07) is 0. The monoisotopic (exact) mass is 1030 g/mol. The van der Waals surface area contributed by atoms with Crippen molar-refractivity contribution in [3.63, 3.8) is 0 Å². The number of allylic oxidation sites excluding steroid dienone is 1. The van der Waals surface area contributed by atoms with Crippen LogP contribution in [0.15, 0.2) is 11.6 Å². The molecule has 13 N–H and O–H groups in total. The van der Waals surface area contributed by atoms with Gasteiger partial charge in [-0.15, -0.1) is 0 Å². The van der Waals surface area contributed by atoms with E-state index < -0.39 is 143 Å². The number of aliphatic hydroxyl groups excluding tert-OH is 12. The predicted molar refractivity (Wildman–Crippen MR) is 244 cm³/mol. The average molecular weight is 1030 g/mol. The Hall–Kier alpha value is -1.14. The Bertz CT molecular complexity index is 1890. The molecular weight excluding hydrogens is 951 g/mol. The highest BCUT2D eigenvalue weighted by atomic mass is 16.8. The molecule has 10 rings (SSSR count). The lowest BCUT2D eigenvalue weighted by molar-refractivity contribution is -0.403. The molecule has 0 radical (unpaired) electrons. The first-order valence-electron chi connectivity index (χ1n) is 26.5. The molecule has 6 saturated heterocycles. The first-order chi connectivity index (χ1) is 34.3. The largest absolute Gasteiger partial charge is 0.394 e. The van der Waals surface area contributed by atoms with Gasteiger partial charge in [0.05, 0.1) is 38.6 Å². The van der Waals surface area contributed by atoms with Gasteiger partial charge in [-0.25, -0.2) is 0 Å². The van der Waals surface area contributed by atoms with E-state index in [1.54, 1.807) is 0 Å². The summed E-state index contributed by atoms with van der Waals surface area (Å²) < 4.78 is 54.9. The number of aliphatic hydroxyl groups is 12. The Morgan fingerprint density at radius 3 is 1.97 bits per heavy atom. The van der Waals surface area contributed by atoms with Crippen molar-refractivity contribution in [3.05, 3.63) is 11.6 Å². The van der Waals surface area contributed by atoms with Crippen molar-refractivity contribution >= 4 is 0 Å². The van der Waals surface area contributed by atoms with Crippen molar-refractivity contribution in [2.24, 2.45) is 46.3 Å². The molecule has 22 nitrogen and oxygen atoms in total. The SMILES string of the molecule is CC1[C@H]2[C@H](C[C@H]3[C@@H]4CC=C5C[C@@H](O[C@@H]6O[C@@H](CO)[C@H](O[C@@H]7O[C@@H](CO)[C@@H](O)[C@H](O[C@@H]8OC[C@@H](O)[C@H](O)C8O)C7O[C@@H]7O[C@@H](CO)[C@@H](O)[C@H](O)[C@H]7O)[C@H](O)C6O)CC[C@]5(C)[C@H]4CC[C@@]32C)O[C@@]12CC[C@@H](C)CN2. The second kappa shape index (κ2) is 20.9. The Kier molecular flexibility index (Phi) is 15.7. The molecule has 9 fully saturated rings. The van der Waals surface area contributed by atoms with Crippen LogP contribution in [0.3, 0.4) is 0 Å². The van der Waals surface area contributed by atoms with E-state index in [-0.39, 0.29) is 28.8 Å². The van der Waals surface area contributed by atoms with Crippen LogP contribution in [0.1, 0.15) is 85.5 Å². The van der Waals surface area contributed by atoms with Crippen LogP contribution in [-0.2, 0) is 42.6 Å². The lowest BCUT2D eigenvalue weighted by Crippen LogP contribution is -2.68. The minimum absolute atomic E-state index is 0.0350. The highest BCUT2D eigenvalue weighted by Gasteiger charge is 2.68. The Labute approximate surface area is 419 Å². The third kappa shape index (κ3) is 9.18. The van der Waals surface area contributed by atoms with E-state index in [9.17, 15) is 61.3 Å². The highest BCUT2D eigenvalue weighted by Crippen LogP contribution is 2.70. The quantitative estimate of drug-likeness (QED) is 0.0932. The number of fused-ring (bicyclic) bond motifs is 7. The van der Waals surface area contributed by atoms with E-state index in [1.807, 2.05) is 0 Å². The number of piperidine rings is 1. The molecule has 22 heteroatoms. The number of hydrogen-bond donors (Lipinski definition) is 13. The fourth-order valence-corrected chi connectivity index (χ4v) is 15.5. The maximum atomic E-state index is 11.8. The third-order valence-corrected chi connectivity index (χ3v) is 19.7. The van der Waals surface area contributed by atoms with Gasteiger partial charge in [0.1, 0.15) is 97.3 Å². The number of rotatable bonds is 11. The molecule has 412 valence electrons. The molecule has 6 heterocycles. The summed E-state index contributed by atoms with van der Waals surface area (Å²) in [6.45, 7) is 7.70. The van der Waals surface area contributed by atoms with Gasteiger partial charge in [0, 0.05) is 12.5 Å². The van der Waals surface area contributed by atoms with Crippen LogP contribution in [-0.4, -0.2) is 229 Å². The Morgan fingerprint density at radius 2 is 1.26 bits per heavy atom. The van der Waals surface area contributed by atoms with Crippen LogP contribution in [0.2, 0.25) is 0 Å². The Morgan fingerprint density at radius 1 is 0.625 bits per heavy atom.